The summed E-state index contributed by atoms with van der Waals surface area (Å²) in [6.45, 7) is 6.74. The van der Waals surface area contributed by atoms with Gasteiger partial charge in [0.15, 0.2) is 0 Å². The van der Waals surface area contributed by atoms with Gasteiger partial charge in [0.05, 0.1) is 0 Å². The van der Waals surface area contributed by atoms with Crippen molar-refractivity contribution < 1.29 is 10.2 Å². The minimum atomic E-state index is 0.0114. The Morgan fingerprint density at radius 2 is 1.53 bits per heavy atom. The monoisotopic (exact) mass is 236 g/mol. The molecule has 0 heterocycles. The summed E-state index contributed by atoms with van der Waals surface area (Å²) < 4.78 is 0. The standard InChI is InChI=1S/C15H24O2/c1-15(2,3)14-8-6-12(7-9-14)4-5-13(10-16)11-17/h6-9,13,16-17H,4-5,10-11H2,1-3H3. The lowest BCUT2D eigenvalue weighted by Crippen LogP contribution is -2.12. The average Bonchev–Trinajstić information content (AvgIpc) is 2.30. The number of aliphatic hydroxyl groups is 2. The molecule has 0 aliphatic carbocycles. The Hall–Kier alpha value is -0.860. The number of benzene rings is 1. The van der Waals surface area contributed by atoms with E-state index in [9.17, 15) is 0 Å². The number of hydrogen-bond donors (Lipinski definition) is 2. The van der Waals surface area contributed by atoms with Gasteiger partial charge in [-0.1, -0.05) is 45.0 Å². The normalized spacial score (nSPS) is 12.1. The van der Waals surface area contributed by atoms with Crippen LogP contribution in [0.5, 0.6) is 0 Å². The lowest BCUT2D eigenvalue weighted by atomic mass is 9.86. The van der Waals surface area contributed by atoms with Crippen LogP contribution < -0.4 is 0 Å². The average molecular weight is 236 g/mol. The van der Waals surface area contributed by atoms with Gasteiger partial charge in [-0.3, -0.25) is 0 Å². The van der Waals surface area contributed by atoms with Gasteiger partial charge in [0.25, 0.3) is 0 Å². The zero-order valence-corrected chi connectivity index (χ0v) is 11.1. The first-order chi connectivity index (χ1) is 7.97. The highest BCUT2D eigenvalue weighted by atomic mass is 16.3. The summed E-state index contributed by atoms with van der Waals surface area (Å²) in [6, 6.07) is 8.63. The fourth-order valence-corrected chi connectivity index (χ4v) is 1.78. The van der Waals surface area contributed by atoms with Crippen LogP contribution in [0.3, 0.4) is 0 Å². The molecule has 0 aliphatic rings. The highest BCUT2D eigenvalue weighted by molar-refractivity contribution is 5.27. The van der Waals surface area contributed by atoms with Crippen LogP contribution in [0.4, 0.5) is 0 Å². The lowest BCUT2D eigenvalue weighted by molar-refractivity contribution is 0.144. The Morgan fingerprint density at radius 3 is 1.94 bits per heavy atom. The van der Waals surface area contributed by atoms with Crippen LogP contribution >= 0.6 is 0 Å². The van der Waals surface area contributed by atoms with Crippen LogP contribution in [0.1, 0.15) is 38.3 Å². The predicted molar refractivity (Wildman–Crippen MR) is 71.1 cm³/mol. The molecule has 96 valence electrons. The Balaban J connectivity index is 2.57. The van der Waals surface area contributed by atoms with E-state index in [1.807, 2.05) is 0 Å². The third-order valence-corrected chi connectivity index (χ3v) is 3.18. The van der Waals surface area contributed by atoms with Gasteiger partial charge >= 0.3 is 0 Å². The maximum absolute atomic E-state index is 8.99. The first kappa shape index (κ1) is 14.2. The van der Waals surface area contributed by atoms with Crippen molar-refractivity contribution in [3.05, 3.63) is 35.4 Å². The minimum Gasteiger partial charge on any atom is -0.396 e. The Labute approximate surface area is 104 Å². The van der Waals surface area contributed by atoms with Crippen LogP contribution in [0.15, 0.2) is 24.3 Å². The first-order valence-electron chi connectivity index (χ1n) is 6.28. The molecule has 2 nitrogen and oxygen atoms in total. The number of aryl methyl sites for hydroxylation is 1. The van der Waals surface area contributed by atoms with Crippen LogP contribution in [-0.2, 0) is 11.8 Å². The van der Waals surface area contributed by atoms with Gasteiger partial charge in [0.2, 0.25) is 0 Å². The molecule has 17 heavy (non-hydrogen) atoms. The van der Waals surface area contributed by atoms with Crippen molar-refractivity contribution in [1.82, 2.24) is 0 Å². The molecular weight excluding hydrogens is 212 g/mol. The van der Waals surface area contributed by atoms with E-state index in [1.54, 1.807) is 0 Å². The Bertz CT molecular complexity index is 318. The largest absolute Gasteiger partial charge is 0.396 e. The van der Waals surface area contributed by atoms with E-state index in [2.05, 4.69) is 45.0 Å². The van der Waals surface area contributed by atoms with E-state index in [-0.39, 0.29) is 24.5 Å². The van der Waals surface area contributed by atoms with E-state index in [0.29, 0.717) is 0 Å². The van der Waals surface area contributed by atoms with Crippen LogP contribution in [0.2, 0.25) is 0 Å². The fourth-order valence-electron chi connectivity index (χ4n) is 1.78. The molecule has 0 spiro atoms. The van der Waals surface area contributed by atoms with Crippen molar-refractivity contribution in [3.8, 4) is 0 Å². The second-order valence-electron chi connectivity index (χ2n) is 5.72. The van der Waals surface area contributed by atoms with Gasteiger partial charge in [-0.15, -0.1) is 0 Å². The van der Waals surface area contributed by atoms with E-state index >= 15 is 0 Å². The lowest BCUT2D eigenvalue weighted by Gasteiger charge is -2.19. The fraction of sp³-hybridized carbons (Fsp3) is 0.600. The number of aliphatic hydroxyl groups excluding tert-OH is 2. The van der Waals surface area contributed by atoms with Gasteiger partial charge in [0, 0.05) is 19.1 Å². The van der Waals surface area contributed by atoms with Gasteiger partial charge in [-0.2, -0.15) is 0 Å². The maximum Gasteiger partial charge on any atom is 0.0481 e. The quantitative estimate of drug-likeness (QED) is 0.824. The summed E-state index contributed by atoms with van der Waals surface area (Å²) in [5, 5.41) is 18.0. The Morgan fingerprint density at radius 1 is 1.00 bits per heavy atom. The molecule has 0 fully saturated rings. The zero-order chi connectivity index (χ0) is 12.9. The first-order valence-corrected chi connectivity index (χ1v) is 6.28. The van der Waals surface area contributed by atoms with Gasteiger partial charge < -0.3 is 10.2 Å². The molecule has 0 amide bonds. The predicted octanol–water partition coefficient (Wildman–Crippen LogP) is 2.52. The molecule has 1 rings (SSSR count). The summed E-state index contributed by atoms with van der Waals surface area (Å²) in [7, 11) is 0. The molecule has 0 saturated carbocycles. The van der Waals surface area contributed by atoms with Crippen molar-refractivity contribution >= 4 is 0 Å². The molecule has 0 atom stereocenters. The van der Waals surface area contributed by atoms with Crippen LogP contribution in [-0.4, -0.2) is 23.4 Å². The summed E-state index contributed by atoms with van der Waals surface area (Å²) in [4.78, 5) is 0. The van der Waals surface area contributed by atoms with E-state index in [1.165, 1.54) is 11.1 Å². The molecule has 0 radical (unpaired) electrons. The Kier molecular flexibility index (Phi) is 5.16. The summed E-state index contributed by atoms with van der Waals surface area (Å²) >= 11 is 0. The molecule has 1 aromatic carbocycles. The minimum absolute atomic E-state index is 0.0114. The topological polar surface area (TPSA) is 40.5 Å². The molecule has 0 bridgehead atoms. The molecule has 0 aliphatic heterocycles. The number of rotatable bonds is 5. The molecule has 0 saturated heterocycles. The summed E-state index contributed by atoms with van der Waals surface area (Å²) in [5.74, 6) is 0.0114. The maximum atomic E-state index is 8.99. The third kappa shape index (κ3) is 4.49. The van der Waals surface area contributed by atoms with Crippen molar-refractivity contribution in [2.75, 3.05) is 13.2 Å². The smallest absolute Gasteiger partial charge is 0.0481 e. The molecule has 2 N–H and O–H groups in total. The van der Waals surface area contributed by atoms with Gasteiger partial charge in [-0.05, 0) is 29.4 Å². The zero-order valence-electron chi connectivity index (χ0n) is 11.1. The van der Waals surface area contributed by atoms with Crippen molar-refractivity contribution in [2.45, 2.75) is 39.0 Å². The highest BCUT2D eigenvalue weighted by Gasteiger charge is 2.13. The molecular formula is C15H24O2. The summed E-state index contributed by atoms with van der Waals surface area (Å²) in [6.07, 6.45) is 1.75. The van der Waals surface area contributed by atoms with Crippen molar-refractivity contribution in [3.63, 3.8) is 0 Å². The van der Waals surface area contributed by atoms with Crippen molar-refractivity contribution in [1.29, 1.82) is 0 Å². The van der Waals surface area contributed by atoms with Gasteiger partial charge in [-0.25, -0.2) is 0 Å². The van der Waals surface area contributed by atoms with E-state index in [0.717, 1.165) is 12.8 Å². The van der Waals surface area contributed by atoms with Gasteiger partial charge in [0.1, 0.15) is 0 Å². The van der Waals surface area contributed by atoms with E-state index < -0.39 is 0 Å². The van der Waals surface area contributed by atoms with Crippen molar-refractivity contribution in [2.24, 2.45) is 5.92 Å². The third-order valence-electron chi connectivity index (χ3n) is 3.18. The van der Waals surface area contributed by atoms with Crippen LogP contribution in [0, 0.1) is 5.92 Å². The second-order valence-corrected chi connectivity index (χ2v) is 5.72. The molecule has 2 heteroatoms. The molecule has 1 aromatic rings. The van der Waals surface area contributed by atoms with E-state index in [4.69, 9.17) is 10.2 Å². The molecule has 0 unspecified atom stereocenters. The molecule has 0 aromatic heterocycles. The summed E-state index contributed by atoms with van der Waals surface area (Å²) in [5.41, 5.74) is 2.80. The number of hydrogen-bond acceptors (Lipinski definition) is 2. The highest BCUT2D eigenvalue weighted by Crippen LogP contribution is 2.22. The second kappa shape index (κ2) is 6.18. The SMILES string of the molecule is CC(C)(C)c1ccc(CCC(CO)CO)cc1. The van der Waals surface area contributed by atoms with Crippen LogP contribution in [0.25, 0.3) is 0 Å².